The number of carbonyl (C=O) groups is 2. The second kappa shape index (κ2) is 7.27. The van der Waals surface area contributed by atoms with Crippen molar-refractivity contribution in [2.45, 2.75) is 12.8 Å². The number of allylic oxidation sites excluding steroid dienone is 2. The molecule has 1 amide bonds. The summed E-state index contributed by atoms with van der Waals surface area (Å²) in [6, 6.07) is 7.71. The van der Waals surface area contributed by atoms with Crippen LogP contribution in [-0.2, 0) is 9.59 Å². The summed E-state index contributed by atoms with van der Waals surface area (Å²) in [6.45, 7) is 0. The Hall–Kier alpha value is -1.99. The van der Waals surface area contributed by atoms with Gasteiger partial charge in [-0.15, -0.1) is 11.3 Å². The predicted octanol–water partition coefficient (Wildman–Crippen LogP) is 2.84. The number of anilines is 1. The van der Waals surface area contributed by atoms with Crippen LogP contribution in [0.1, 0.15) is 12.8 Å². The smallest absolute Gasteiger partial charge is 0.230 e. The van der Waals surface area contributed by atoms with Gasteiger partial charge in [0.1, 0.15) is 0 Å². The van der Waals surface area contributed by atoms with Crippen LogP contribution in [0.15, 0.2) is 46.3 Å². The van der Waals surface area contributed by atoms with E-state index in [-0.39, 0.29) is 5.91 Å². The molecule has 1 aromatic heterocycles. The minimum Gasteiger partial charge on any atom is -0.550 e. The first kappa shape index (κ1) is 16.9. The SMILES string of the molecule is O=C([O-])[C@H]1CC=CC[C@@H]1C(=O)Nc1nc(-c2ccc(Br)cc2)cs1. The highest BCUT2D eigenvalue weighted by atomic mass is 79.9. The van der Waals surface area contributed by atoms with E-state index in [2.05, 4.69) is 26.2 Å². The molecule has 2 aromatic rings. The molecule has 2 atom stereocenters. The van der Waals surface area contributed by atoms with E-state index >= 15 is 0 Å². The normalized spacial score (nSPS) is 19.9. The van der Waals surface area contributed by atoms with Crippen LogP contribution in [0.25, 0.3) is 11.3 Å². The molecule has 1 N–H and O–H groups in total. The van der Waals surface area contributed by atoms with Gasteiger partial charge in [0, 0.05) is 27.3 Å². The first-order valence-corrected chi connectivity index (χ1v) is 9.10. The fraction of sp³-hybridized carbons (Fsp3) is 0.235. The molecular weight excluding hydrogens is 392 g/mol. The molecule has 0 radical (unpaired) electrons. The fourth-order valence-electron chi connectivity index (χ4n) is 2.65. The zero-order chi connectivity index (χ0) is 17.1. The minimum atomic E-state index is -1.19. The Bertz CT molecular complexity index is 785. The molecule has 1 aliphatic carbocycles. The van der Waals surface area contributed by atoms with Crippen LogP contribution in [0.5, 0.6) is 0 Å². The number of nitrogens with one attached hydrogen (secondary N) is 1. The third-order valence-electron chi connectivity index (χ3n) is 3.95. The summed E-state index contributed by atoms with van der Waals surface area (Å²) in [7, 11) is 0. The number of carboxylic acid groups (broad SMARTS) is 1. The van der Waals surface area contributed by atoms with Crippen molar-refractivity contribution in [3.8, 4) is 11.3 Å². The van der Waals surface area contributed by atoms with Gasteiger partial charge >= 0.3 is 0 Å². The van der Waals surface area contributed by atoms with Crippen molar-refractivity contribution >= 4 is 44.3 Å². The van der Waals surface area contributed by atoms with Crippen LogP contribution < -0.4 is 10.4 Å². The van der Waals surface area contributed by atoms with Gasteiger partial charge < -0.3 is 15.2 Å². The number of thiazole rings is 1. The minimum absolute atomic E-state index is 0.322. The van der Waals surface area contributed by atoms with E-state index in [0.29, 0.717) is 18.0 Å². The number of aromatic nitrogens is 1. The summed E-state index contributed by atoms with van der Waals surface area (Å²) in [5.41, 5.74) is 1.71. The van der Waals surface area contributed by atoms with Gasteiger partial charge in [0.2, 0.25) is 5.91 Å². The average Bonchev–Trinajstić information content (AvgIpc) is 3.04. The predicted molar refractivity (Wildman–Crippen MR) is 94.2 cm³/mol. The third-order valence-corrected chi connectivity index (χ3v) is 5.23. The van der Waals surface area contributed by atoms with Crippen LogP contribution in [-0.4, -0.2) is 16.9 Å². The molecule has 7 heteroatoms. The number of rotatable bonds is 4. The summed E-state index contributed by atoms with van der Waals surface area (Å²) >= 11 is 4.70. The molecule has 5 nitrogen and oxygen atoms in total. The second-order valence-corrected chi connectivity index (χ2v) is 7.28. The van der Waals surface area contributed by atoms with Gasteiger partial charge in [-0.05, 0) is 25.0 Å². The summed E-state index contributed by atoms with van der Waals surface area (Å²) in [5, 5.41) is 16.2. The van der Waals surface area contributed by atoms with Crippen molar-refractivity contribution in [2.24, 2.45) is 11.8 Å². The van der Waals surface area contributed by atoms with Crippen LogP contribution in [0.3, 0.4) is 0 Å². The van der Waals surface area contributed by atoms with E-state index < -0.39 is 17.8 Å². The fourth-order valence-corrected chi connectivity index (χ4v) is 3.63. The lowest BCUT2D eigenvalue weighted by Gasteiger charge is -2.27. The highest BCUT2D eigenvalue weighted by Crippen LogP contribution is 2.29. The number of nitrogens with zero attached hydrogens (tertiary/aromatic N) is 1. The number of hydrogen-bond donors (Lipinski definition) is 1. The van der Waals surface area contributed by atoms with E-state index in [1.54, 1.807) is 6.08 Å². The molecule has 1 aliphatic rings. The van der Waals surface area contributed by atoms with Crippen LogP contribution in [0, 0.1) is 11.8 Å². The van der Waals surface area contributed by atoms with Gasteiger partial charge in [0.25, 0.3) is 0 Å². The lowest BCUT2D eigenvalue weighted by molar-refractivity contribution is -0.313. The number of benzene rings is 1. The Balaban J connectivity index is 1.72. The Morgan fingerprint density at radius 2 is 1.83 bits per heavy atom. The standard InChI is InChI=1S/C17H15BrN2O3S/c18-11-7-5-10(6-8-11)14-9-24-17(19-14)20-15(21)12-3-1-2-4-13(12)16(22)23/h1-2,5-9,12-13H,3-4H2,(H,22,23)(H,19,20,21)/p-1/t12-,13-/m0/s1. The molecule has 0 aliphatic heterocycles. The van der Waals surface area contributed by atoms with Crippen molar-refractivity contribution in [3.05, 3.63) is 46.3 Å². The molecule has 3 rings (SSSR count). The van der Waals surface area contributed by atoms with Crippen molar-refractivity contribution in [1.82, 2.24) is 4.98 Å². The molecular formula is C17H14BrN2O3S-. The average molecular weight is 406 g/mol. The molecule has 0 saturated heterocycles. The lowest BCUT2D eigenvalue weighted by Crippen LogP contribution is -2.41. The number of carboxylic acids is 1. The zero-order valence-electron chi connectivity index (χ0n) is 12.6. The molecule has 1 heterocycles. The van der Waals surface area contributed by atoms with Gasteiger partial charge in [0.05, 0.1) is 11.6 Å². The lowest BCUT2D eigenvalue weighted by atomic mass is 9.82. The molecule has 0 bridgehead atoms. The van der Waals surface area contributed by atoms with E-state index in [4.69, 9.17) is 0 Å². The molecule has 0 unspecified atom stereocenters. The van der Waals surface area contributed by atoms with E-state index in [9.17, 15) is 14.7 Å². The maximum Gasteiger partial charge on any atom is 0.230 e. The maximum absolute atomic E-state index is 12.4. The van der Waals surface area contributed by atoms with Crippen molar-refractivity contribution in [2.75, 3.05) is 5.32 Å². The van der Waals surface area contributed by atoms with Crippen LogP contribution in [0.2, 0.25) is 0 Å². The quantitative estimate of drug-likeness (QED) is 0.792. The number of hydrogen-bond acceptors (Lipinski definition) is 5. The molecule has 0 saturated carbocycles. The Morgan fingerprint density at radius 1 is 1.17 bits per heavy atom. The highest BCUT2D eigenvalue weighted by Gasteiger charge is 2.30. The number of aliphatic carboxylic acids is 1. The summed E-state index contributed by atoms with van der Waals surface area (Å²) in [6.07, 6.45) is 4.33. The van der Waals surface area contributed by atoms with Gasteiger partial charge in [-0.3, -0.25) is 4.79 Å². The first-order chi connectivity index (χ1) is 11.5. The zero-order valence-corrected chi connectivity index (χ0v) is 15.0. The van der Waals surface area contributed by atoms with Crippen molar-refractivity contribution in [3.63, 3.8) is 0 Å². The van der Waals surface area contributed by atoms with E-state index in [0.717, 1.165) is 15.7 Å². The van der Waals surface area contributed by atoms with Crippen molar-refractivity contribution < 1.29 is 14.7 Å². The summed E-state index contributed by atoms with van der Waals surface area (Å²) < 4.78 is 0.980. The Kier molecular flexibility index (Phi) is 5.11. The van der Waals surface area contributed by atoms with Crippen LogP contribution >= 0.6 is 27.3 Å². The first-order valence-electron chi connectivity index (χ1n) is 7.43. The van der Waals surface area contributed by atoms with Gasteiger partial charge in [-0.2, -0.15) is 0 Å². The van der Waals surface area contributed by atoms with Gasteiger partial charge in [-0.25, -0.2) is 4.98 Å². The summed E-state index contributed by atoms with van der Waals surface area (Å²) in [4.78, 5) is 28.0. The Labute approximate surface area is 151 Å². The monoisotopic (exact) mass is 405 g/mol. The summed E-state index contributed by atoms with van der Waals surface area (Å²) in [5.74, 6) is -2.93. The molecule has 0 fully saturated rings. The third kappa shape index (κ3) is 3.73. The number of carbonyl (C=O) groups excluding carboxylic acids is 2. The van der Waals surface area contributed by atoms with E-state index in [1.807, 2.05) is 35.7 Å². The molecule has 1 aromatic carbocycles. The van der Waals surface area contributed by atoms with E-state index in [1.165, 1.54) is 11.3 Å². The highest BCUT2D eigenvalue weighted by molar-refractivity contribution is 9.10. The van der Waals surface area contributed by atoms with Crippen molar-refractivity contribution in [1.29, 1.82) is 0 Å². The molecule has 24 heavy (non-hydrogen) atoms. The Morgan fingerprint density at radius 3 is 2.50 bits per heavy atom. The van der Waals surface area contributed by atoms with Crippen LogP contribution in [0.4, 0.5) is 5.13 Å². The maximum atomic E-state index is 12.4. The van der Waals surface area contributed by atoms with Gasteiger partial charge in [-0.1, -0.05) is 40.2 Å². The number of amides is 1. The van der Waals surface area contributed by atoms with Gasteiger partial charge in [0.15, 0.2) is 5.13 Å². The largest absolute Gasteiger partial charge is 0.550 e. The topological polar surface area (TPSA) is 82.1 Å². The second-order valence-electron chi connectivity index (χ2n) is 5.51. The molecule has 0 spiro atoms. The molecule has 124 valence electrons. The number of halogens is 1.